The zero-order valence-corrected chi connectivity index (χ0v) is 8.69. The lowest BCUT2D eigenvalue weighted by Crippen LogP contribution is -2.18. The van der Waals surface area contributed by atoms with E-state index in [1.54, 1.807) is 11.6 Å². The molecule has 0 atom stereocenters. The van der Waals surface area contributed by atoms with Crippen LogP contribution in [0.25, 0.3) is 0 Å². The van der Waals surface area contributed by atoms with Crippen LogP contribution in [0.1, 0.15) is 23.4 Å². The molecule has 15 heavy (non-hydrogen) atoms. The SMILES string of the molecule is CCOC(=O)c1nc2n(n1)CCNCC2. The molecule has 1 aliphatic heterocycles. The second-order valence-electron chi connectivity index (χ2n) is 3.30. The molecule has 82 valence electrons. The van der Waals surface area contributed by atoms with Gasteiger partial charge in [-0.25, -0.2) is 14.5 Å². The first-order valence-electron chi connectivity index (χ1n) is 5.13. The minimum atomic E-state index is -0.439. The molecule has 1 aromatic heterocycles. The summed E-state index contributed by atoms with van der Waals surface area (Å²) in [5.41, 5.74) is 0. The topological polar surface area (TPSA) is 69.0 Å². The highest BCUT2D eigenvalue weighted by molar-refractivity contribution is 5.84. The minimum absolute atomic E-state index is 0.175. The van der Waals surface area contributed by atoms with Gasteiger partial charge in [0, 0.05) is 19.5 Å². The average molecular weight is 210 g/mol. The van der Waals surface area contributed by atoms with Crippen molar-refractivity contribution in [2.75, 3.05) is 19.7 Å². The van der Waals surface area contributed by atoms with E-state index in [9.17, 15) is 4.79 Å². The third-order valence-corrected chi connectivity index (χ3v) is 2.23. The number of rotatable bonds is 2. The first-order valence-corrected chi connectivity index (χ1v) is 5.13. The van der Waals surface area contributed by atoms with E-state index in [2.05, 4.69) is 15.4 Å². The van der Waals surface area contributed by atoms with Crippen LogP contribution in [0.4, 0.5) is 0 Å². The summed E-state index contributed by atoms with van der Waals surface area (Å²) in [6.07, 6.45) is 0.798. The van der Waals surface area contributed by atoms with Gasteiger partial charge in [-0.3, -0.25) is 0 Å². The zero-order chi connectivity index (χ0) is 10.7. The molecule has 0 amide bonds. The minimum Gasteiger partial charge on any atom is -0.460 e. The van der Waals surface area contributed by atoms with Crippen molar-refractivity contribution in [3.63, 3.8) is 0 Å². The maximum absolute atomic E-state index is 11.4. The summed E-state index contributed by atoms with van der Waals surface area (Å²) in [7, 11) is 0. The van der Waals surface area contributed by atoms with Crippen LogP contribution >= 0.6 is 0 Å². The Morgan fingerprint density at radius 2 is 2.47 bits per heavy atom. The lowest BCUT2D eigenvalue weighted by Gasteiger charge is -1.98. The third-order valence-electron chi connectivity index (χ3n) is 2.23. The van der Waals surface area contributed by atoms with Gasteiger partial charge in [0.15, 0.2) is 0 Å². The summed E-state index contributed by atoms with van der Waals surface area (Å²) < 4.78 is 6.61. The molecule has 1 aromatic rings. The molecule has 0 saturated heterocycles. The van der Waals surface area contributed by atoms with E-state index >= 15 is 0 Å². The fourth-order valence-corrected chi connectivity index (χ4v) is 1.53. The predicted octanol–water partition coefficient (Wildman–Crippen LogP) is -0.400. The van der Waals surface area contributed by atoms with Crippen molar-refractivity contribution in [1.82, 2.24) is 20.1 Å². The molecule has 0 fully saturated rings. The molecule has 0 spiro atoms. The number of aromatic nitrogens is 3. The largest absolute Gasteiger partial charge is 0.460 e. The van der Waals surface area contributed by atoms with Gasteiger partial charge in [-0.05, 0) is 6.92 Å². The lowest BCUT2D eigenvalue weighted by atomic mass is 10.4. The van der Waals surface area contributed by atoms with E-state index in [1.807, 2.05) is 0 Å². The van der Waals surface area contributed by atoms with E-state index in [4.69, 9.17) is 4.74 Å². The molecule has 1 N–H and O–H groups in total. The van der Waals surface area contributed by atoms with Crippen molar-refractivity contribution < 1.29 is 9.53 Å². The van der Waals surface area contributed by atoms with Crippen molar-refractivity contribution in [2.45, 2.75) is 19.9 Å². The second-order valence-corrected chi connectivity index (χ2v) is 3.30. The first kappa shape index (κ1) is 10.1. The zero-order valence-electron chi connectivity index (χ0n) is 8.69. The number of carbonyl (C=O) groups is 1. The Hall–Kier alpha value is -1.43. The number of esters is 1. The number of fused-ring (bicyclic) bond motifs is 1. The van der Waals surface area contributed by atoms with E-state index in [0.717, 1.165) is 31.9 Å². The van der Waals surface area contributed by atoms with Crippen LogP contribution < -0.4 is 5.32 Å². The number of hydrogen-bond donors (Lipinski definition) is 1. The molecule has 6 nitrogen and oxygen atoms in total. The molecule has 2 rings (SSSR count). The van der Waals surface area contributed by atoms with Crippen molar-refractivity contribution >= 4 is 5.97 Å². The van der Waals surface area contributed by atoms with Gasteiger partial charge >= 0.3 is 5.97 Å². The highest BCUT2D eigenvalue weighted by Gasteiger charge is 2.18. The molecule has 0 saturated carbocycles. The number of nitrogens with one attached hydrogen (secondary N) is 1. The van der Waals surface area contributed by atoms with E-state index in [-0.39, 0.29) is 5.82 Å². The van der Waals surface area contributed by atoms with E-state index < -0.39 is 5.97 Å². The monoisotopic (exact) mass is 210 g/mol. The van der Waals surface area contributed by atoms with Gasteiger partial charge in [0.1, 0.15) is 5.82 Å². The summed E-state index contributed by atoms with van der Waals surface area (Å²) in [6.45, 7) is 4.61. The Kier molecular flexibility index (Phi) is 2.96. The van der Waals surface area contributed by atoms with Crippen molar-refractivity contribution in [1.29, 1.82) is 0 Å². The van der Waals surface area contributed by atoms with Crippen LogP contribution in [-0.2, 0) is 17.7 Å². The van der Waals surface area contributed by atoms with Crippen LogP contribution in [0.3, 0.4) is 0 Å². The van der Waals surface area contributed by atoms with Crippen LogP contribution in [0.5, 0.6) is 0 Å². The molecule has 0 aromatic carbocycles. The number of hydrogen-bond acceptors (Lipinski definition) is 5. The van der Waals surface area contributed by atoms with Crippen molar-refractivity contribution in [3.05, 3.63) is 11.6 Å². The Labute approximate surface area is 87.6 Å². The van der Waals surface area contributed by atoms with Gasteiger partial charge in [0.25, 0.3) is 5.82 Å². The fraction of sp³-hybridized carbons (Fsp3) is 0.667. The Bertz CT molecular complexity index is 337. The van der Waals surface area contributed by atoms with Gasteiger partial charge in [0.05, 0.1) is 13.2 Å². The standard InChI is InChI=1S/C9H14N4O2/c1-2-15-9(14)8-11-7-3-4-10-5-6-13(7)12-8/h10H,2-6H2,1H3. The average Bonchev–Trinajstić information content (AvgIpc) is 2.51. The molecular weight excluding hydrogens is 196 g/mol. The molecule has 6 heteroatoms. The summed E-state index contributed by atoms with van der Waals surface area (Å²) in [5.74, 6) is 0.586. The molecule has 2 heterocycles. The van der Waals surface area contributed by atoms with Crippen LogP contribution in [0.15, 0.2) is 0 Å². The molecule has 0 radical (unpaired) electrons. The lowest BCUT2D eigenvalue weighted by molar-refractivity contribution is 0.0511. The highest BCUT2D eigenvalue weighted by atomic mass is 16.5. The fourth-order valence-electron chi connectivity index (χ4n) is 1.53. The van der Waals surface area contributed by atoms with Crippen molar-refractivity contribution in [2.24, 2.45) is 0 Å². The molecule has 1 aliphatic rings. The van der Waals surface area contributed by atoms with Crippen LogP contribution in [-0.4, -0.2) is 40.4 Å². The van der Waals surface area contributed by atoms with E-state index in [1.165, 1.54) is 0 Å². The number of ether oxygens (including phenoxy) is 1. The quantitative estimate of drug-likeness (QED) is 0.673. The highest BCUT2D eigenvalue weighted by Crippen LogP contribution is 2.03. The Balaban J connectivity index is 2.18. The molecular formula is C9H14N4O2. The second kappa shape index (κ2) is 4.39. The van der Waals surface area contributed by atoms with Gasteiger partial charge in [-0.15, -0.1) is 5.10 Å². The van der Waals surface area contributed by atoms with Gasteiger partial charge in [-0.2, -0.15) is 0 Å². The van der Waals surface area contributed by atoms with Gasteiger partial charge < -0.3 is 10.1 Å². The predicted molar refractivity (Wildman–Crippen MR) is 52.6 cm³/mol. The summed E-state index contributed by atoms with van der Waals surface area (Å²) >= 11 is 0. The van der Waals surface area contributed by atoms with Gasteiger partial charge in [0.2, 0.25) is 0 Å². The molecule has 0 bridgehead atoms. The number of carbonyl (C=O) groups excluding carboxylic acids is 1. The molecule has 0 aliphatic carbocycles. The Morgan fingerprint density at radius 3 is 3.27 bits per heavy atom. The summed E-state index contributed by atoms with van der Waals surface area (Å²) in [6, 6.07) is 0. The summed E-state index contributed by atoms with van der Waals surface area (Å²) in [4.78, 5) is 15.5. The van der Waals surface area contributed by atoms with Crippen LogP contribution in [0, 0.1) is 0 Å². The first-order chi connectivity index (χ1) is 7.31. The Morgan fingerprint density at radius 1 is 1.60 bits per heavy atom. The van der Waals surface area contributed by atoms with Crippen molar-refractivity contribution in [3.8, 4) is 0 Å². The smallest absolute Gasteiger partial charge is 0.378 e. The van der Waals surface area contributed by atoms with E-state index in [0.29, 0.717) is 6.61 Å². The van der Waals surface area contributed by atoms with Crippen LogP contribution in [0.2, 0.25) is 0 Å². The van der Waals surface area contributed by atoms with Gasteiger partial charge in [-0.1, -0.05) is 0 Å². The number of nitrogens with zero attached hydrogens (tertiary/aromatic N) is 3. The third kappa shape index (κ3) is 2.15. The molecule has 0 unspecified atom stereocenters. The summed E-state index contributed by atoms with van der Waals surface area (Å²) in [5, 5.41) is 7.36. The maximum atomic E-state index is 11.4. The normalized spacial score (nSPS) is 15.5. The maximum Gasteiger partial charge on any atom is 0.378 e.